The Kier molecular flexibility index (Phi) is 6.56. The first-order chi connectivity index (χ1) is 8.08. The van der Waals surface area contributed by atoms with Gasteiger partial charge in [0.2, 0.25) is 5.91 Å². The van der Waals surface area contributed by atoms with Gasteiger partial charge in [0.25, 0.3) is 0 Å². The Morgan fingerprint density at radius 1 is 1.29 bits per heavy atom. The van der Waals surface area contributed by atoms with Crippen LogP contribution in [-0.2, 0) is 4.79 Å². The van der Waals surface area contributed by atoms with Crippen molar-refractivity contribution in [3.05, 3.63) is 0 Å². The van der Waals surface area contributed by atoms with Crippen LogP contribution in [0.2, 0.25) is 0 Å². The first kappa shape index (κ1) is 14.5. The molecule has 3 nitrogen and oxygen atoms in total. The van der Waals surface area contributed by atoms with Crippen LogP contribution in [0.15, 0.2) is 0 Å². The van der Waals surface area contributed by atoms with E-state index in [1.807, 2.05) is 0 Å². The SMILES string of the molecule is CC(C)CC(N)CNC(=O)CC1CCCCC1. The van der Waals surface area contributed by atoms with Gasteiger partial charge in [-0.25, -0.2) is 0 Å². The summed E-state index contributed by atoms with van der Waals surface area (Å²) in [7, 11) is 0. The van der Waals surface area contributed by atoms with E-state index in [1.165, 1.54) is 32.1 Å². The van der Waals surface area contributed by atoms with Crippen LogP contribution in [-0.4, -0.2) is 18.5 Å². The molecular weight excluding hydrogens is 212 g/mol. The van der Waals surface area contributed by atoms with Gasteiger partial charge in [-0.05, 0) is 31.1 Å². The van der Waals surface area contributed by atoms with Crippen LogP contribution in [0.4, 0.5) is 0 Å². The molecule has 1 aliphatic carbocycles. The predicted octanol–water partition coefficient (Wildman–Crippen LogP) is 2.45. The average Bonchev–Trinajstić information content (AvgIpc) is 2.27. The number of rotatable bonds is 6. The lowest BCUT2D eigenvalue weighted by Crippen LogP contribution is -2.38. The molecule has 1 amide bonds. The van der Waals surface area contributed by atoms with E-state index < -0.39 is 0 Å². The second-order valence-electron chi connectivity index (χ2n) is 5.90. The van der Waals surface area contributed by atoms with Crippen molar-refractivity contribution in [2.45, 2.75) is 64.8 Å². The van der Waals surface area contributed by atoms with Gasteiger partial charge in [0.05, 0.1) is 0 Å². The van der Waals surface area contributed by atoms with Crippen LogP contribution >= 0.6 is 0 Å². The Labute approximate surface area is 106 Å². The van der Waals surface area contributed by atoms with Crippen LogP contribution in [0.1, 0.15) is 58.8 Å². The summed E-state index contributed by atoms with van der Waals surface area (Å²) in [5.74, 6) is 1.40. The van der Waals surface area contributed by atoms with E-state index >= 15 is 0 Å². The molecule has 0 aliphatic heterocycles. The highest BCUT2D eigenvalue weighted by atomic mass is 16.1. The molecule has 0 aromatic rings. The van der Waals surface area contributed by atoms with Gasteiger partial charge in [-0.15, -0.1) is 0 Å². The predicted molar refractivity (Wildman–Crippen MR) is 71.6 cm³/mol. The normalized spacial score (nSPS) is 19.3. The molecule has 1 saturated carbocycles. The Morgan fingerprint density at radius 2 is 1.94 bits per heavy atom. The molecule has 100 valence electrons. The van der Waals surface area contributed by atoms with E-state index in [-0.39, 0.29) is 11.9 Å². The first-order valence-electron chi connectivity index (χ1n) is 7.10. The van der Waals surface area contributed by atoms with E-state index in [4.69, 9.17) is 5.73 Å². The quantitative estimate of drug-likeness (QED) is 0.749. The molecule has 0 bridgehead atoms. The van der Waals surface area contributed by atoms with E-state index in [2.05, 4.69) is 19.2 Å². The van der Waals surface area contributed by atoms with Crippen molar-refractivity contribution >= 4 is 5.91 Å². The molecule has 0 saturated heterocycles. The molecule has 0 radical (unpaired) electrons. The van der Waals surface area contributed by atoms with Gasteiger partial charge in [0.15, 0.2) is 0 Å². The maximum Gasteiger partial charge on any atom is 0.220 e. The Morgan fingerprint density at radius 3 is 2.53 bits per heavy atom. The average molecular weight is 240 g/mol. The molecule has 17 heavy (non-hydrogen) atoms. The smallest absolute Gasteiger partial charge is 0.220 e. The third-order valence-corrected chi connectivity index (χ3v) is 3.53. The van der Waals surface area contributed by atoms with Gasteiger partial charge in [-0.1, -0.05) is 33.1 Å². The topological polar surface area (TPSA) is 55.1 Å². The number of amides is 1. The van der Waals surface area contributed by atoms with Crippen LogP contribution in [0.3, 0.4) is 0 Å². The van der Waals surface area contributed by atoms with Gasteiger partial charge < -0.3 is 11.1 Å². The number of nitrogens with two attached hydrogens (primary N) is 1. The lowest BCUT2D eigenvalue weighted by Gasteiger charge is -2.21. The van der Waals surface area contributed by atoms with Crippen LogP contribution < -0.4 is 11.1 Å². The molecule has 1 unspecified atom stereocenters. The van der Waals surface area contributed by atoms with Crippen molar-refractivity contribution in [3.63, 3.8) is 0 Å². The highest BCUT2D eigenvalue weighted by Gasteiger charge is 2.17. The highest BCUT2D eigenvalue weighted by molar-refractivity contribution is 5.76. The first-order valence-corrected chi connectivity index (χ1v) is 7.10. The maximum absolute atomic E-state index is 11.7. The minimum absolute atomic E-state index is 0.102. The third-order valence-electron chi connectivity index (χ3n) is 3.53. The summed E-state index contributed by atoms with van der Waals surface area (Å²) in [6.45, 7) is 4.94. The Balaban J connectivity index is 2.11. The highest BCUT2D eigenvalue weighted by Crippen LogP contribution is 2.25. The molecule has 1 aliphatic rings. The zero-order chi connectivity index (χ0) is 12.7. The summed E-state index contributed by atoms with van der Waals surface area (Å²) in [6, 6.07) is 0.102. The van der Waals surface area contributed by atoms with E-state index in [1.54, 1.807) is 0 Å². The maximum atomic E-state index is 11.7. The number of hydrogen-bond acceptors (Lipinski definition) is 2. The Bertz CT molecular complexity index is 222. The van der Waals surface area contributed by atoms with Gasteiger partial charge in [0.1, 0.15) is 0 Å². The van der Waals surface area contributed by atoms with Crippen LogP contribution in [0, 0.1) is 11.8 Å². The molecule has 1 rings (SSSR count). The molecule has 0 aromatic carbocycles. The minimum atomic E-state index is 0.102. The summed E-state index contributed by atoms with van der Waals surface area (Å²) < 4.78 is 0. The zero-order valence-electron chi connectivity index (χ0n) is 11.4. The van der Waals surface area contributed by atoms with Gasteiger partial charge >= 0.3 is 0 Å². The molecule has 3 N–H and O–H groups in total. The van der Waals surface area contributed by atoms with E-state index in [0.29, 0.717) is 24.8 Å². The largest absolute Gasteiger partial charge is 0.355 e. The summed E-state index contributed by atoms with van der Waals surface area (Å²) in [6.07, 6.45) is 8.07. The monoisotopic (exact) mass is 240 g/mol. The van der Waals surface area contributed by atoms with Gasteiger partial charge in [-0.2, -0.15) is 0 Å². The molecule has 1 atom stereocenters. The lowest BCUT2D eigenvalue weighted by molar-refractivity contribution is -0.122. The molecule has 1 fully saturated rings. The van der Waals surface area contributed by atoms with Gasteiger partial charge in [-0.3, -0.25) is 4.79 Å². The molecule has 0 heterocycles. The zero-order valence-corrected chi connectivity index (χ0v) is 11.4. The summed E-state index contributed by atoms with van der Waals surface area (Å²) in [5.41, 5.74) is 5.94. The standard InChI is InChI=1S/C14H28N2O/c1-11(2)8-13(15)10-16-14(17)9-12-6-4-3-5-7-12/h11-13H,3-10,15H2,1-2H3,(H,16,17). The summed E-state index contributed by atoms with van der Waals surface area (Å²) in [4.78, 5) is 11.7. The van der Waals surface area contributed by atoms with Crippen molar-refractivity contribution in [2.24, 2.45) is 17.6 Å². The lowest BCUT2D eigenvalue weighted by atomic mass is 9.87. The minimum Gasteiger partial charge on any atom is -0.355 e. The fourth-order valence-corrected chi connectivity index (χ4v) is 2.66. The number of carbonyl (C=O) groups excluding carboxylic acids is 1. The second kappa shape index (κ2) is 7.70. The number of hydrogen-bond donors (Lipinski definition) is 2. The van der Waals surface area contributed by atoms with Crippen molar-refractivity contribution in [1.29, 1.82) is 0 Å². The number of carbonyl (C=O) groups is 1. The summed E-state index contributed by atoms with van der Waals surface area (Å²) in [5, 5.41) is 2.97. The van der Waals surface area contributed by atoms with Crippen molar-refractivity contribution in [1.82, 2.24) is 5.32 Å². The Hall–Kier alpha value is -0.570. The molecular formula is C14H28N2O. The van der Waals surface area contributed by atoms with E-state index in [0.717, 1.165) is 6.42 Å². The molecule has 3 heteroatoms. The van der Waals surface area contributed by atoms with Gasteiger partial charge in [0, 0.05) is 19.0 Å². The molecule has 0 aromatic heterocycles. The fraction of sp³-hybridized carbons (Fsp3) is 0.929. The molecule has 0 spiro atoms. The van der Waals surface area contributed by atoms with Crippen LogP contribution in [0.5, 0.6) is 0 Å². The van der Waals surface area contributed by atoms with Crippen LogP contribution in [0.25, 0.3) is 0 Å². The third kappa shape index (κ3) is 6.67. The number of nitrogens with one attached hydrogen (secondary N) is 1. The second-order valence-corrected chi connectivity index (χ2v) is 5.90. The van der Waals surface area contributed by atoms with Crippen molar-refractivity contribution in [2.75, 3.05) is 6.54 Å². The van der Waals surface area contributed by atoms with Crippen molar-refractivity contribution < 1.29 is 4.79 Å². The van der Waals surface area contributed by atoms with Crippen molar-refractivity contribution in [3.8, 4) is 0 Å². The fourth-order valence-electron chi connectivity index (χ4n) is 2.66. The van der Waals surface area contributed by atoms with E-state index in [9.17, 15) is 4.79 Å². The summed E-state index contributed by atoms with van der Waals surface area (Å²) >= 11 is 0.